The molecule has 0 saturated carbocycles. The van der Waals surface area contributed by atoms with Crippen molar-refractivity contribution in [3.63, 3.8) is 0 Å². The number of aromatic nitrogens is 1. The summed E-state index contributed by atoms with van der Waals surface area (Å²) in [6.07, 6.45) is 3.82. The molecule has 3 rings (SSSR count). The molecule has 24 heavy (non-hydrogen) atoms. The van der Waals surface area contributed by atoms with Gasteiger partial charge < -0.3 is 15.2 Å². The molecule has 1 fully saturated rings. The molecule has 2 N–H and O–H groups in total. The van der Waals surface area contributed by atoms with E-state index in [-0.39, 0.29) is 22.9 Å². The zero-order chi connectivity index (χ0) is 17.4. The number of benzene rings is 1. The summed E-state index contributed by atoms with van der Waals surface area (Å²) in [5.74, 6) is 0.298. The highest BCUT2D eigenvalue weighted by Gasteiger charge is 2.25. The second kappa shape index (κ2) is 6.30. The summed E-state index contributed by atoms with van der Waals surface area (Å²) in [6, 6.07) is 5.56. The molecule has 1 aliphatic rings. The fourth-order valence-corrected chi connectivity index (χ4v) is 3.55. The van der Waals surface area contributed by atoms with E-state index in [1.54, 1.807) is 17.2 Å². The average Bonchev–Trinajstić information content (AvgIpc) is 2.54. The number of nitrogens with zero attached hydrogens (tertiary/aromatic N) is 2. The molecule has 1 aliphatic heterocycles. The van der Waals surface area contributed by atoms with Crippen molar-refractivity contribution in [3.05, 3.63) is 40.2 Å². The first kappa shape index (κ1) is 16.6. The van der Waals surface area contributed by atoms with Crippen molar-refractivity contribution in [1.82, 2.24) is 9.47 Å². The Hall–Kier alpha value is -2.30. The molecule has 1 saturated heterocycles. The van der Waals surface area contributed by atoms with E-state index in [0.29, 0.717) is 30.1 Å². The first-order valence-electron chi connectivity index (χ1n) is 8.62. The van der Waals surface area contributed by atoms with Gasteiger partial charge in [-0.2, -0.15) is 0 Å². The van der Waals surface area contributed by atoms with Gasteiger partial charge in [0.05, 0.1) is 10.9 Å². The number of amides is 1. The minimum absolute atomic E-state index is 0.127. The smallest absolute Gasteiger partial charge is 0.259 e. The SMILES string of the molecule is CC1CCCN(C(=O)c2cn(C(C)C)c3cccc(N)c3c2=O)C1. The monoisotopic (exact) mass is 327 g/mol. The molecule has 5 nitrogen and oxygen atoms in total. The minimum atomic E-state index is -0.261. The van der Waals surface area contributed by atoms with Crippen molar-refractivity contribution in [2.75, 3.05) is 18.8 Å². The van der Waals surface area contributed by atoms with Crippen LogP contribution in [0.2, 0.25) is 0 Å². The topological polar surface area (TPSA) is 68.3 Å². The number of hydrogen-bond acceptors (Lipinski definition) is 3. The lowest BCUT2D eigenvalue weighted by molar-refractivity contribution is 0.0681. The van der Waals surface area contributed by atoms with Crippen LogP contribution in [0.25, 0.3) is 10.9 Å². The van der Waals surface area contributed by atoms with Gasteiger partial charge in [-0.25, -0.2) is 0 Å². The van der Waals surface area contributed by atoms with Crippen molar-refractivity contribution in [2.45, 2.75) is 39.7 Å². The van der Waals surface area contributed by atoms with Crippen LogP contribution in [0, 0.1) is 5.92 Å². The van der Waals surface area contributed by atoms with E-state index in [1.807, 2.05) is 30.5 Å². The minimum Gasteiger partial charge on any atom is -0.398 e. The number of pyridine rings is 1. The predicted molar refractivity (Wildman–Crippen MR) is 97.3 cm³/mol. The summed E-state index contributed by atoms with van der Waals surface area (Å²) in [7, 11) is 0. The number of nitrogen functional groups attached to an aromatic ring is 1. The lowest BCUT2D eigenvalue weighted by atomic mass is 9.99. The van der Waals surface area contributed by atoms with Gasteiger partial charge in [0.2, 0.25) is 5.43 Å². The molecule has 1 aromatic carbocycles. The van der Waals surface area contributed by atoms with Gasteiger partial charge in [-0.15, -0.1) is 0 Å². The maximum absolute atomic E-state index is 13.0. The van der Waals surface area contributed by atoms with Crippen LogP contribution in [0.15, 0.2) is 29.2 Å². The van der Waals surface area contributed by atoms with Gasteiger partial charge in [-0.3, -0.25) is 9.59 Å². The first-order chi connectivity index (χ1) is 11.4. The predicted octanol–water partition coefficient (Wildman–Crippen LogP) is 3.04. The highest BCUT2D eigenvalue weighted by molar-refractivity contribution is 6.00. The lowest BCUT2D eigenvalue weighted by Gasteiger charge is -2.31. The van der Waals surface area contributed by atoms with Crippen molar-refractivity contribution in [1.29, 1.82) is 0 Å². The van der Waals surface area contributed by atoms with Gasteiger partial charge in [0.1, 0.15) is 5.56 Å². The van der Waals surface area contributed by atoms with Gasteiger partial charge in [0.25, 0.3) is 5.91 Å². The maximum atomic E-state index is 13.0. The number of rotatable bonds is 2. The summed E-state index contributed by atoms with van der Waals surface area (Å²) in [5, 5.41) is 0.446. The average molecular weight is 327 g/mol. The van der Waals surface area contributed by atoms with Crippen LogP contribution < -0.4 is 11.2 Å². The van der Waals surface area contributed by atoms with E-state index in [4.69, 9.17) is 5.73 Å². The zero-order valence-electron chi connectivity index (χ0n) is 14.6. The first-order valence-corrected chi connectivity index (χ1v) is 8.62. The highest BCUT2D eigenvalue weighted by Crippen LogP contribution is 2.23. The molecule has 2 heterocycles. The molecule has 1 unspecified atom stereocenters. The van der Waals surface area contributed by atoms with Crippen LogP contribution in [0.4, 0.5) is 5.69 Å². The van der Waals surface area contributed by atoms with E-state index >= 15 is 0 Å². The molecule has 1 atom stereocenters. The van der Waals surface area contributed by atoms with Crippen LogP contribution in [0.3, 0.4) is 0 Å². The Bertz CT molecular complexity index is 838. The van der Waals surface area contributed by atoms with Crippen LogP contribution in [-0.2, 0) is 0 Å². The van der Waals surface area contributed by atoms with Crippen molar-refractivity contribution in [2.24, 2.45) is 5.92 Å². The molecule has 2 aromatic rings. The van der Waals surface area contributed by atoms with Gasteiger partial charge >= 0.3 is 0 Å². The van der Waals surface area contributed by atoms with E-state index in [0.717, 1.165) is 18.4 Å². The largest absolute Gasteiger partial charge is 0.398 e. The summed E-state index contributed by atoms with van der Waals surface area (Å²) in [6.45, 7) is 7.63. The third kappa shape index (κ3) is 2.79. The summed E-state index contributed by atoms with van der Waals surface area (Å²) < 4.78 is 1.97. The Balaban J connectivity index is 2.18. The lowest BCUT2D eigenvalue weighted by Crippen LogP contribution is -2.41. The standard InChI is InChI=1S/C19H25N3O2/c1-12(2)22-11-14(19(24)21-9-5-6-13(3)10-21)18(23)17-15(20)7-4-8-16(17)22/h4,7-8,11-13H,5-6,9-10,20H2,1-3H3. The number of nitrogens with two attached hydrogens (primary N) is 1. The number of carbonyl (C=O) groups excluding carboxylic acids is 1. The van der Waals surface area contributed by atoms with Gasteiger partial charge in [-0.1, -0.05) is 13.0 Å². The van der Waals surface area contributed by atoms with E-state index in [2.05, 4.69) is 6.92 Å². The van der Waals surface area contributed by atoms with E-state index in [9.17, 15) is 9.59 Å². The number of likely N-dealkylation sites (tertiary alicyclic amines) is 1. The molecular weight excluding hydrogens is 302 g/mol. The third-order valence-corrected chi connectivity index (χ3v) is 4.82. The van der Waals surface area contributed by atoms with Gasteiger partial charge in [-0.05, 0) is 44.7 Å². The van der Waals surface area contributed by atoms with Crippen molar-refractivity contribution in [3.8, 4) is 0 Å². The zero-order valence-corrected chi connectivity index (χ0v) is 14.6. The van der Waals surface area contributed by atoms with Crippen LogP contribution in [0.1, 0.15) is 50.0 Å². The van der Waals surface area contributed by atoms with Crippen molar-refractivity contribution >= 4 is 22.5 Å². The van der Waals surface area contributed by atoms with Crippen LogP contribution in [-0.4, -0.2) is 28.5 Å². The van der Waals surface area contributed by atoms with Crippen LogP contribution in [0.5, 0.6) is 0 Å². The molecule has 0 bridgehead atoms. The maximum Gasteiger partial charge on any atom is 0.259 e. The fourth-order valence-electron chi connectivity index (χ4n) is 3.55. The van der Waals surface area contributed by atoms with Crippen LogP contribution >= 0.6 is 0 Å². The normalized spacial score (nSPS) is 18.3. The Kier molecular flexibility index (Phi) is 4.35. The Morgan fingerprint density at radius 1 is 1.33 bits per heavy atom. The Morgan fingerprint density at radius 2 is 2.08 bits per heavy atom. The third-order valence-electron chi connectivity index (χ3n) is 4.82. The molecular formula is C19H25N3O2. The number of fused-ring (bicyclic) bond motifs is 1. The molecule has 1 amide bonds. The molecule has 128 valence electrons. The van der Waals surface area contributed by atoms with E-state index in [1.165, 1.54) is 0 Å². The number of carbonyl (C=O) groups is 1. The van der Waals surface area contributed by atoms with Crippen molar-refractivity contribution < 1.29 is 4.79 Å². The molecule has 0 radical (unpaired) electrons. The summed E-state index contributed by atoms with van der Waals surface area (Å²) >= 11 is 0. The molecule has 1 aromatic heterocycles. The Morgan fingerprint density at radius 3 is 2.75 bits per heavy atom. The summed E-state index contributed by atoms with van der Waals surface area (Å²) in [5.41, 5.74) is 7.22. The quantitative estimate of drug-likeness (QED) is 0.862. The molecule has 0 aliphatic carbocycles. The van der Waals surface area contributed by atoms with Gasteiger partial charge in [0.15, 0.2) is 0 Å². The number of anilines is 1. The molecule has 0 spiro atoms. The second-order valence-electron chi connectivity index (χ2n) is 7.11. The van der Waals surface area contributed by atoms with E-state index < -0.39 is 0 Å². The van der Waals surface area contributed by atoms with Gasteiger partial charge in [0, 0.05) is 31.0 Å². The summed E-state index contributed by atoms with van der Waals surface area (Å²) in [4.78, 5) is 27.7. The number of hydrogen-bond donors (Lipinski definition) is 1. The highest BCUT2D eigenvalue weighted by atomic mass is 16.2. The second-order valence-corrected chi connectivity index (χ2v) is 7.11. The number of piperidine rings is 1. The molecule has 5 heteroatoms. The Labute approximate surface area is 142 Å². The fraction of sp³-hybridized carbons (Fsp3) is 0.474.